The molecule has 340 valence electrons. The average Bonchev–Trinajstić information content (AvgIpc) is 3.30. The summed E-state index contributed by atoms with van der Waals surface area (Å²) >= 11 is 0. The van der Waals surface area contributed by atoms with Crippen LogP contribution in [-0.2, 0) is 49.5 Å². The number of amides is 1. The summed E-state index contributed by atoms with van der Waals surface area (Å²) in [6.07, 6.45) is 28.4. The number of rotatable bonds is 20. The molecule has 4 aromatic heterocycles. The van der Waals surface area contributed by atoms with Crippen LogP contribution in [-0.4, -0.2) is 86.9 Å². The van der Waals surface area contributed by atoms with E-state index in [4.69, 9.17) is 14.2 Å². The number of pyridine rings is 4. The third-order valence-corrected chi connectivity index (χ3v) is 11.6. The molecule has 2 aliphatic rings. The minimum atomic E-state index is -0.522. The van der Waals surface area contributed by atoms with Gasteiger partial charge in [-0.2, -0.15) is 0 Å². The number of aromatic nitrogens is 4. The van der Waals surface area contributed by atoms with Crippen molar-refractivity contribution < 1.29 is 28.6 Å². The first-order valence-corrected chi connectivity index (χ1v) is 23.3. The smallest absolute Gasteiger partial charge is 0.410 e. The molecule has 0 aliphatic carbocycles. The number of carbonyl (C=O) groups excluding carboxylic acids is 3. The Bertz CT molecular complexity index is 1780. The van der Waals surface area contributed by atoms with E-state index < -0.39 is 5.60 Å². The quantitative estimate of drug-likeness (QED) is 0.0671. The fraction of sp³-hybridized carbons (Fsp3) is 0.549. The molecule has 12 nitrogen and oxygen atoms in total. The first-order valence-electron chi connectivity index (χ1n) is 23.3. The first-order chi connectivity index (χ1) is 30.6. The lowest BCUT2D eigenvalue weighted by atomic mass is 9.96. The van der Waals surface area contributed by atoms with Crippen LogP contribution in [0.5, 0.6) is 0 Å². The molecule has 1 N–H and O–H groups in total. The molecular formula is C51H70N6O6. The highest BCUT2D eigenvalue weighted by atomic mass is 16.6. The van der Waals surface area contributed by atoms with Crippen LogP contribution in [0.25, 0.3) is 0 Å². The summed E-state index contributed by atoms with van der Waals surface area (Å²) in [6, 6.07) is 16.2. The molecule has 12 heteroatoms. The van der Waals surface area contributed by atoms with Crippen molar-refractivity contribution in [2.24, 2.45) is 11.8 Å². The van der Waals surface area contributed by atoms with Gasteiger partial charge in [0.1, 0.15) is 17.8 Å². The fourth-order valence-corrected chi connectivity index (χ4v) is 8.05. The molecule has 4 aromatic rings. The van der Waals surface area contributed by atoms with E-state index in [2.05, 4.69) is 49.5 Å². The molecule has 6 heterocycles. The summed E-state index contributed by atoms with van der Waals surface area (Å²) in [5.74, 6) is -0.260. The van der Waals surface area contributed by atoms with Crippen LogP contribution in [0.1, 0.15) is 120 Å². The van der Waals surface area contributed by atoms with E-state index in [0.717, 1.165) is 103 Å². The summed E-state index contributed by atoms with van der Waals surface area (Å²) < 4.78 is 17.5. The van der Waals surface area contributed by atoms with Crippen molar-refractivity contribution in [1.82, 2.24) is 30.2 Å². The molecule has 0 aromatic carbocycles. The van der Waals surface area contributed by atoms with Crippen LogP contribution >= 0.6 is 0 Å². The number of hydrogen-bond donors (Lipinski definition) is 1. The number of carbonyl (C=O) groups is 3. The zero-order valence-corrected chi connectivity index (χ0v) is 37.9. The van der Waals surface area contributed by atoms with Gasteiger partial charge < -0.3 is 24.4 Å². The van der Waals surface area contributed by atoms with Crippen molar-refractivity contribution in [3.8, 4) is 0 Å². The van der Waals surface area contributed by atoms with E-state index in [1.54, 1.807) is 29.7 Å². The molecular weight excluding hydrogens is 793 g/mol. The average molecular weight is 863 g/mol. The topological polar surface area (TPSA) is 146 Å². The number of ether oxygens (including phenoxy) is 3. The predicted octanol–water partition coefficient (Wildman–Crippen LogP) is 9.11. The fourth-order valence-electron chi connectivity index (χ4n) is 8.05. The van der Waals surface area contributed by atoms with E-state index in [0.29, 0.717) is 25.9 Å². The third-order valence-electron chi connectivity index (χ3n) is 11.6. The highest BCUT2D eigenvalue weighted by molar-refractivity contribution is 5.74. The van der Waals surface area contributed by atoms with Crippen LogP contribution in [0.3, 0.4) is 0 Å². The number of hydrogen-bond acceptors (Lipinski definition) is 11. The van der Waals surface area contributed by atoms with E-state index in [9.17, 15) is 14.4 Å². The highest BCUT2D eigenvalue weighted by Gasteiger charge is 2.32. The molecule has 0 unspecified atom stereocenters. The van der Waals surface area contributed by atoms with Gasteiger partial charge in [0.2, 0.25) is 0 Å². The van der Waals surface area contributed by atoms with Crippen LogP contribution in [0, 0.1) is 11.8 Å². The van der Waals surface area contributed by atoms with Crippen molar-refractivity contribution in [3.05, 3.63) is 120 Å². The number of piperidine rings is 2. The summed E-state index contributed by atoms with van der Waals surface area (Å²) in [7, 11) is 0. The molecule has 0 atom stereocenters. The zero-order chi connectivity index (χ0) is 44.5. The Balaban J connectivity index is 0.000000243. The maximum absolute atomic E-state index is 13.0. The number of esters is 2. The van der Waals surface area contributed by atoms with Gasteiger partial charge >= 0.3 is 18.0 Å². The molecule has 2 fully saturated rings. The minimum absolute atomic E-state index is 0.00396. The molecule has 1 amide bonds. The number of nitrogens with one attached hydrogen (secondary N) is 1. The van der Waals surface area contributed by atoms with Gasteiger partial charge in [-0.25, -0.2) is 4.79 Å². The SMILES string of the molecule is CC(C)(C)OC(=O)N1CCC(C(=O)OC(CCCc2cccnc2)CCCc2cccnc2)CC1.O=C(OC(CCCc1cccnc1)CCCc1cccnc1)C1CCNCC1. The number of aryl methyl sites for hydroxylation is 4. The lowest BCUT2D eigenvalue weighted by molar-refractivity contribution is -0.157. The van der Waals surface area contributed by atoms with Gasteiger partial charge in [-0.1, -0.05) is 24.3 Å². The number of likely N-dealkylation sites (tertiary alicyclic amines) is 1. The third kappa shape index (κ3) is 19.4. The Morgan fingerprint density at radius 3 is 1.25 bits per heavy atom. The van der Waals surface area contributed by atoms with Gasteiger partial charge in [0.15, 0.2) is 0 Å². The van der Waals surface area contributed by atoms with Crippen LogP contribution < -0.4 is 5.32 Å². The Kier molecular flexibility index (Phi) is 21.0. The number of nitrogens with zero attached hydrogens (tertiary/aromatic N) is 5. The lowest BCUT2D eigenvalue weighted by Crippen LogP contribution is -2.43. The van der Waals surface area contributed by atoms with Gasteiger partial charge in [-0.15, -0.1) is 0 Å². The van der Waals surface area contributed by atoms with Crippen molar-refractivity contribution >= 4 is 18.0 Å². The minimum Gasteiger partial charge on any atom is -0.462 e. The summed E-state index contributed by atoms with van der Waals surface area (Å²) in [5.41, 5.74) is 4.35. The molecule has 0 radical (unpaired) electrons. The summed E-state index contributed by atoms with van der Waals surface area (Å²) in [5, 5.41) is 3.31. The second-order valence-electron chi connectivity index (χ2n) is 17.9. The Labute approximate surface area is 375 Å². The molecule has 63 heavy (non-hydrogen) atoms. The molecule has 0 bridgehead atoms. The Hall–Kier alpha value is -5.23. The molecule has 6 rings (SSSR count). The lowest BCUT2D eigenvalue weighted by Gasteiger charge is -2.33. The summed E-state index contributed by atoms with van der Waals surface area (Å²) in [6.45, 7) is 8.43. The van der Waals surface area contributed by atoms with Gasteiger partial charge in [-0.05, 0) is 183 Å². The van der Waals surface area contributed by atoms with Crippen molar-refractivity contribution in [3.63, 3.8) is 0 Å². The van der Waals surface area contributed by atoms with Crippen molar-refractivity contribution in [1.29, 1.82) is 0 Å². The van der Waals surface area contributed by atoms with E-state index >= 15 is 0 Å². The first kappa shape index (κ1) is 48.8. The maximum Gasteiger partial charge on any atom is 0.410 e. The largest absolute Gasteiger partial charge is 0.462 e. The van der Waals surface area contributed by atoms with Crippen molar-refractivity contribution in [2.75, 3.05) is 26.2 Å². The molecule has 0 saturated carbocycles. The zero-order valence-electron chi connectivity index (χ0n) is 37.9. The Morgan fingerprint density at radius 2 is 0.937 bits per heavy atom. The monoisotopic (exact) mass is 863 g/mol. The van der Waals surface area contributed by atoms with Crippen LogP contribution in [0.15, 0.2) is 98.1 Å². The summed E-state index contributed by atoms with van der Waals surface area (Å²) in [4.78, 5) is 56.3. The van der Waals surface area contributed by atoms with Gasteiger partial charge in [0, 0.05) is 62.7 Å². The maximum atomic E-state index is 13.0. The second-order valence-corrected chi connectivity index (χ2v) is 17.9. The van der Waals surface area contributed by atoms with Gasteiger partial charge in [-0.3, -0.25) is 29.5 Å². The van der Waals surface area contributed by atoms with Crippen molar-refractivity contribution in [2.45, 2.75) is 141 Å². The van der Waals surface area contributed by atoms with Crippen LogP contribution in [0.2, 0.25) is 0 Å². The molecule has 0 spiro atoms. The standard InChI is InChI=1S/C28H39N3O4.C23H31N3O2/c1-28(2,3)35-27(33)31-18-14-24(15-19-31)26(32)34-25(12-4-8-22-10-6-16-29-20-22)13-5-9-23-11-7-17-30-21-23;27-23(21-11-15-24-16-12-21)28-22(9-1-5-19-7-3-13-25-17-19)10-2-6-20-8-4-14-26-18-20/h6-7,10-11,16-17,20-21,24-25H,4-5,8-9,12-15,18-19H2,1-3H3;3-4,7-8,13-14,17-18,21-22,24H,1-2,5-6,9-12,15-16H2. The van der Waals surface area contributed by atoms with E-state index in [1.807, 2.05) is 69.8 Å². The molecule has 2 aliphatic heterocycles. The van der Waals surface area contributed by atoms with Gasteiger partial charge in [0.05, 0.1) is 11.8 Å². The normalized spacial score (nSPS) is 14.8. The second kappa shape index (κ2) is 27.1. The highest BCUT2D eigenvalue weighted by Crippen LogP contribution is 2.24. The predicted molar refractivity (Wildman–Crippen MR) is 245 cm³/mol. The van der Waals surface area contributed by atoms with Gasteiger partial charge in [0.25, 0.3) is 0 Å². The molecule has 2 saturated heterocycles. The van der Waals surface area contributed by atoms with E-state index in [-0.39, 0.29) is 42.1 Å². The van der Waals surface area contributed by atoms with Crippen LogP contribution in [0.4, 0.5) is 4.79 Å². The Morgan fingerprint density at radius 1 is 0.587 bits per heavy atom. The van der Waals surface area contributed by atoms with E-state index in [1.165, 1.54) is 22.3 Å².